The van der Waals surface area contributed by atoms with Crippen molar-refractivity contribution in [2.45, 2.75) is 77.5 Å². The van der Waals surface area contributed by atoms with Crippen molar-refractivity contribution in [2.24, 2.45) is 28.4 Å². The third-order valence-electron chi connectivity index (χ3n) is 7.19. The number of rotatable bonds is 6. The van der Waals surface area contributed by atoms with E-state index in [9.17, 15) is 9.59 Å². The number of fused-ring (bicyclic) bond motifs is 2. The second-order valence-corrected chi connectivity index (χ2v) is 8.71. The van der Waals surface area contributed by atoms with Crippen molar-refractivity contribution in [3.05, 3.63) is 0 Å². The number of nitriles is 1. The number of hydrogen-bond acceptors (Lipinski definition) is 6. The van der Waals surface area contributed by atoms with Crippen LogP contribution in [0.5, 0.6) is 0 Å². The highest BCUT2D eigenvalue weighted by Gasteiger charge is 2.79. The second kappa shape index (κ2) is 5.70. The predicted molar refractivity (Wildman–Crippen MR) is 89.9 cm³/mol. The number of esters is 2. The van der Waals surface area contributed by atoms with Crippen molar-refractivity contribution >= 4 is 11.9 Å². The molecule has 2 N–H and O–H groups in total. The van der Waals surface area contributed by atoms with Gasteiger partial charge in [-0.2, -0.15) is 5.26 Å². The summed E-state index contributed by atoms with van der Waals surface area (Å²) in [6.45, 7) is 7.43. The zero-order valence-corrected chi connectivity index (χ0v) is 15.5. The van der Waals surface area contributed by atoms with Crippen LogP contribution in [0.4, 0.5) is 0 Å². The van der Waals surface area contributed by atoms with Gasteiger partial charge in [0, 0.05) is 23.3 Å². The molecule has 2 aliphatic carbocycles. The van der Waals surface area contributed by atoms with Crippen LogP contribution in [-0.2, 0) is 19.1 Å². The van der Waals surface area contributed by atoms with Gasteiger partial charge in [0.15, 0.2) is 0 Å². The quantitative estimate of drug-likeness (QED) is 0.739. The fraction of sp³-hybridized carbons (Fsp3) is 0.842. The van der Waals surface area contributed by atoms with Crippen LogP contribution in [0.3, 0.4) is 0 Å². The molecule has 6 unspecified atom stereocenters. The van der Waals surface area contributed by atoms with Crippen molar-refractivity contribution < 1.29 is 19.1 Å². The highest BCUT2D eigenvalue weighted by molar-refractivity contribution is 5.79. The van der Waals surface area contributed by atoms with Crippen LogP contribution in [0, 0.1) is 34.0 Å². The smallest absolute Gasteiger partial charge is 0.314 e. The normalized spacial score (nSPS) is 38.2. The minimum atomic E-state index is -0.807. The standard InChI is InChI=1S/C19H28N2O4/c1-5-18(4,17(2,3)21)16(23)25-15-14-12(9-13(22)24-14)19(15)10-11(19)7-6-8-20/h11-12,14-15H,5-7,9-10,21H2,1-4H3. The van der Waals surface area contributed by atoms with Gasteiger partial charge in [-0.1, -0.05) is 6.92 Å². The van der Waals surface area contributed by atoms with E-state index in [1.807, 2.05) is 27.7 Å². The van der Waals surface area contributed by atoms with Gasteiger partial charge in [-0.25, -0.2) is 0 Å². The minimum Gasteiger partial charge on any atom is -0.458 e. The lowest BCUT2D eigenvalue weighted by Crippen LogP contribution is -2.61. The molecule has 138 valence electrons. The molecule has 0 radical (unpaired) electrons. The third-order valence-corrected chi connectivity index (χ3v) is 7.19. The Labute approximate surface area is 149 Å². The molecule has 0 bridgehead atoms. The van der Waals surface area contributed by atoms with Gasteiger partial charge in [0.1, 0.15) is 12.2 Å². The van der Waals surface area contributed by atoms with Crippen LogP contribution in [0.15, 0.2) is 0 Å². The van der Waals surface area contributed by atoms with E-state index in [1.165, 1.54) is 0 Å². The lowest BCUT2D eigenvalue weighted by molar-refractivity contribution is -0.209. The molecule has 3 rings (SSSR count). The summed E-state index contributed by atoms with van der Waals surface area (Å²) >= 11 is 0. The van der Waals surface area contributed by atoms with Crippen LogP contribution in [-0.4, -0.2) is 29.7 Å². The van der Waals surface area contributed by atoms with E-state index in [-0.39, 0.29) is 29.4 Å². The Balaban J connectivity index is 1.78. The average molecular weight is 348 g/mol. The molecule has 0 aromatic rings. The first-order valence-corrected chi connectivity index (χ1v) is 9.18. The monoisotopic (exact) mass is 348 g/mol. The molecule has 3 aliphatic rings. The molecular weight excluding hydrogens is 320 g/mol. The lowest BCUT2D eigenvalue weighted by atomic mass is 9.62. The first-order valence-electron chi connectivity index (χ1n) is 9.18. The van der Waals surface area contributed by atoms with Crippen molar-refractivity contribution in [3.63, 3.8) is 0 Å². The maximum atomic E-state index is 13.0. The van der Waals surface area contributed by atoms with E-state index in [1.54, 1.807) is 0 Å². The summed E-state index contributed by atoms with van der Waals surface area (Å²) in [6.07, 6.45) is 2.42. The molecule has 0 amide bonds. The van der Waals surface area contributed by atoms with Gasteiger partial charge in [-0.05, 0) is 46.0 Å². The molecule has 1 heterocycles. The first kappa shape index (κ1) is 18.2. The average Bonchev–Trinajstić information content (AvgIpc) is 3.19. The Morgan fingerprint density at radius 3 is 2.72 bits per heavy atom. The molecule has 1 aliphatic heterocycles. The number of ether oxygens (including phenoxy) is 2. The topological polar surface area (TPSA) is 102 Å². The van der Waals surface area contributed by atoms with E-state index in [0.717, 1.165) is 12.8 Å². The van der Waals surface area contributed by atoms with Gasteiger partial charge in [-0.15, -0.1) is 0 Å². The fourth-order valence-corrected chi connectivity index (χ4v) is 4.81. The van der Waals surface area contributed by atoms with Crippen molar-refractivity contribution in [1.29, 1.82) is 5.26 Å². The Morgan fingerprint density at radius 2 is 2.16 bits per heavy atom. The number of carbonyl (C=O) groups is 2. The third kappa shape index (κ3) is 2.47. The van der Waals surface area contributed by atoms with E-state index in [2.05, 4.69) is 6.07 Å². The summed E-state index contributed by atoms with van der Waals surface area (Å²) < 4.78 is 11.4. The Bertz CT molecular complexity index is 634. The Kier molecular flexibility index (Phi) is 4.15. The summed E-state index contributed by atoms with van der Waals surface area (Å²) in [4.78, 5) is 24.7. The molecule has 0 aromatic carbocycles. The predicted octanol–water partition coefficient (Wildman–Crippen LogP) is 2.31. The van der Waals surface area contributed by atoms with E-state index in [4.69, 9.17) is 20.5 Å². The fourth-order valence-electron chi connectivity index (χ4n) is 4.81. The highest BCUT2D eigenvalue weighted by atomic mass is 16.6. The molecule has 1 spiro atoms. The summed E-state index contributed by atoms with van der Waals surface area (Å²) in [6, 6.07) is 2.18. The van der Waals surface area contributed by atoms with E-state index >= 15 is 0 Å². The van der Waals surface area contributed by atoms with Crippen LogP contribution in [0.1, 0.15) is 59.8 Å². The highest BCUT2D eigenvalue weighted by Crippen LogP contribution is 2.73. The number of nitrogens with zero attached hydrogens (tertiary/aromatic N) is 1. The van der Waals surface area contributed by atoms with E-state index < -0.39 is 17.1 Å². The van der Waals surface area contributed by atoms with Crippen molar-refractivity contribution in [3.8, 4) is 6.07 Å². The molecule has 6 heteroatoms. The van der Waals surface area contributed by atoms with Gasteiger partial charge in [0.05, 0.1) is 17.9 Å². The van der Waals surface area contributed by atoms with Crippen molar-refractivity contribution in [2.75, 3.05) is 0 Å². The minimum absolute atomic E-state index is 0.125. The van der Waals surface area contributed by atoms with Crippen LogP contribution < -0.4 is 5.73 Å². The first-order chi connectivity index (χ1) is 11.6. The zero-order chi connectivity index (χ0) is 18.6. The molecule has 1 saturated heterocycles. The van der Waals surface area contributed by atoms with Crippen LogP contribution in [0.25, 0.3) is 0 Å². The number of hydrogen-bond donors (Lipinski definition) is 1. The maximum Gasteiger partial charge on any atom is 0.314 e. The van der Waals surface area contributed by atoms with Crippen molar-refractivity contribution in [1.82, 2.24) is 0 Å². The lowest BCUT2D eigenvalue weighted by Gasteiger charge is -2.49. The molecular formula is C19H28N2O4. The molecule has 6 atom stereocenters. The van der Waals surface area contributed by atoms with Gasteiger partial charge in [-0.3, -0.25) is 9.59 Å². The maximum absolute atomic E-state index is 13.0. The van der Waals surface area contributed by atoms with Gasteiger partial charge in [0.25, 0.3) is 0 Å². The Hall–Kier alpha value is -1.61. The molecule has 0 aromatic heterocycles. The summed E-state index contributed by atoms with van der Waals surface area (Å²) in [5, 5.41) is 8.84. The van der Waals surface area contributed by atoms with Crippen LogP contribution in [0.2, 0.25) is 0 Å². The zero-order valence-electron chi connectivity index (χ0n) is 15.5. The molecule has 25 heavy (non-hydrogen) atoms. The number of carbonyl (C=O) groups excluding carboxylic acids is 2. The van der Waals surface area contributed by atoms with E-state index in [0.29, 0.717) is 25.2 Å². The summed E-state index contributed by atoms with van der Waals surface area (Å²) in [5.41, 5.74) is 4.55. The molecule has 6 nitrogen and oxygen atoms in total. The largest absolute Gasteiger partial charge is 0.458 e. The number of nitrogens with two attached hydrogens (primary N) is 1. The van der Waals surface area contributed by atoms with Gasteiger partial charge >= 0.3 is 11.9 Å². The van der Waals surface area contributed by atoms with Gasteiger partial charge in [0.2, 0.25) is 0 Å². The summed E-state index contributed by atoms with van der Waals surface area (Å²) in [5.74, 6) is -0.0739. The summed E-state index contributed by atoms with van der Waals surface area (Å²) in [7, 11) is 0. The van der Waals surface area contributed by atoms with Crippen LogP contribution >= 0.6 is 0 Å². The second-order valence-electron chi connectivity index (χ2n) is 8.71. The Morgan fingerprint density at radius 1 is 1.48 bits per heavy atom. The van der Waals surface area contributed by atoms with Gasteiger partial charge < -0.3 is 15.2 Å². The molecule has 3 fully saturated rings. The molecule has 2 saturated carbocycles. The SMILES string of the molecule is CCC(C)(C(=O)OC1C2OC(=O)CC2C12CC2CCC#N)C(C)(C)N.